The summed E-state index contributed by atoms with van der Waals surface area (Å²) in [6, 6.07) is 4.75. The number of para-hydroxylation sites is 1. The van der Waals surface area contributed by atoms with Crippen molar-refractivity contribution in [3.05, 3.63) is 28.3 Å². The third-order valence-corrected chi connectivity index (χ3v) is 3.14. The smallest absolute Gasteiger partial charge is 0.316 e. The fourth-order valence-electron chi connectivity index (χ4n) is 2.04. The number of amides is 1. The van der Waals surface area contributed by atoms with Crippen LogP contribution in [0.1, 0.15) is 20.3 Å². The largest absolute Gasteiger partial charge is 0.379 e. The van der Waals surface area contributed by atoms with Crippen LogP contribution in [-0.2, 0) is 4.79 Å². The summed E-state index contributed by atoms with van der Waals surface area (Å²) in [6.45, 7) is 5.46. The summed E-state index contributed by atoms with van der Waals surface area (Å²) >= 11 is 0. The van der Waals surface area contributed by atoms with E-state index in [0.29, 0.717) is 25.3 Å². The summed E-state index contributed by atoms with van der Waals surface area (Å²) in [5, 5.41) is 14.0. The molecular formula is C13H21N5O3. The minimum atomic E-state index is -0.510. The van der Waals surface area contributed by atoms with Crippen molar-refractivity contribution in [3.63, 3.8) is 0 Å². The number of benzene rings is 1. The molecule has 0 unspecified atom stereocenters. The minimum absolute atomic E-state index is 0.0169. The summed E-state index contributed by atoms with van der Waals surface area (Å²) < 4.78 is 0. The standard InChI is InChI=1S/C13H21N5O3/c1-3-17(4-2)12(19)8-9-15-10-6-5-7-11(16-14)13(10)18(20)21/h5-7,15-16H,3-4,8-9,14H2,1-2H3. The number of nitro groups is 1. The molecule has 0 aliphatic heterocycles. The Morgan fingerprint density at radius 1 is 1.33 bits per heavy atom. The molecule has 0 atom stereocenters. The Morgan fingerprint density at radius 2 is 1.95 bits per heavy atom. The fraction of sp³-hybridized carbons (Fsp3) is 0.462. The van der Waals surface area contributed by atoms with Crippen LogP contribution < -0.4 is 16.6 Å². The minimum Gasteiger partial charge on any atom is -0.379 e. The van der Waals surface area contributed by atoms with Crippen LogP contribution in [0.2, 0.25) is 0 Å². The lowest BCUT2D eigenvalue weighted by molar-refractivity contribution is -0.383. The number of hydrogen-bond acceptors (Lipinski definition) is 6. The number of nitrogen functional groups attached to an aromatic ring is 1. The van der Waals surface area contributed by atoms with Crippen molar-refractivity contribution in [2.45, 2.75) is 20.3 Å². The molecule has 0 aliphatic rings. The second-order valence-electron chi connectivity index (χ2n) is 4.35. The van der Waals surface area contributed by atoms with Crippen LogP contribution in [-0.4, -0.2) is 35.4 Å². The molecule has 8 nitrogen and oxygen atoms in total. The lowest BCUT2D eigenvalue weighted by Crippen LogP contribution is -2.31. The Kier molecular flexibility index (Phi) is 6.41. The average Bonchev–Trinajstić information content (AvgIpc) is 2.47. The molecule has 0 bridgehead atoms. The number of hydrogen-bond donors (Lipinski definition) is 3. The van der Waals surface area contributed by atoms with Gasteiger partial charge in [-0.2, -0.15) is 0 Å². The Labute approximate surface area is 123 Å². The summed E-state index contributed by atoms with van der Waals surface area (Å²) in [7, 11) is 0. The lowest BCUT2D eigenvalue weighted by Gasteiger charge is -2.18. The first kappa shape index (κ1) is 16.7. The van der Waals surface area contributed by atoms with Crippen molar-refractivity contribution in [2.75, 3.05) is 30.4 Å². The number of hydrazine groups is 1. The zero-order valence-electron chi connectivity index (χ0n) is 12.3. The quantitative estimate of drug-likeness (QED) is 0.381. The topological polar surface area (TPSA) is 114 Å². The Balaban J connectivity index is 2.72. The monoisotopic (exact) mass is 295 g/mol. The van der Waals surface area contributed by atoms with Crippen LogP contribution in [0.4, 0.5) is 17.1 Å². The maximum atomic E-state index is 11.9. The van der Waals surface area contributed by atoms with Crippen LogP contribution in [0.25, 0.3) is 0 Å². The highest BCUT2D eigenvalue weighted by molar-refractivity contribution is 5.78. The van der Waals surface area contributed by atoms with Gasteiger partial charge in [-0.25, -0.2) is 0 Å². The maximum absolute atomic E-state index is 11.9. The molecule has 0 heterocycles. The molecule has 0 radical (unpaired) electrons. The molecule has 21 heavy (non-hydrogen) atoms. The van der Waals surface area contributed by atoms with Gasteiger partial charge in [0, 0.05) is 26.1 Å². The molecule has 1 aromatic rings. The van der Waals surface area contributed by atoms with E-state index in [0.717, 1.165) is 0 Å². The van der Waals surface area contributed by atoms with Crippen molar-refractivity contribution in [1.29, 1.82) is 0 Å². The molecule has 0 aliphatic carbocycles. The zero-order chi connectivity index (χ0) is 15.8. The van der Waals surface area contributed by atoms with Crippen molar-refractivity contribution < 1.29 is 9.72 Å². The van der Waals surface area contributed by atoms with Crippen LogP contribution in [0.3, 0.4) is 0 Å². The van der Waals surface area contributed by atoms with Gasteiger partial charge in [-0.3, -0.25) is 20.8 Å². The second-order valence-corrected chi connectivity index (χ2v) is 4.35. The maximum Gasteiger partial charge on any atom is 0.316 e. The molecule has 0 saturated heterocycles. The molecule has 1 rings (SSSR count). The van der Waals surface area contributed by atoms with Gasteiger partial charge in [0.1, 0.15) is 11.4 Å². The molecule has 4 N–H and O–H groups in total. The summed E-state index contributed by atoms with van der Waals surface area (Å²) in [4.78, 5) is 24.2. The van der Waals surface area contributed by atoms with E-state index in [-0.39, 0.29) is 23.7 Å². The van der Waals surface area contributed by atoms with Crippen molar-refractivity contribution in [1.82, 2.24) is 4.90 Å². The normalized spacial score (nSPS) is 10.0. The number of nitrogens with zero attached hydrogens (tertiary/aromatic N) is 2. The van der Waals surface area contributed by atoms with Gasteiger partial charge >= 0.3 is 5.69 Å². The summed E-state index contributed by atoms with van der Waals surface area (Å²) in [5.41, 5.74) is 2.73. The SMILES string of the molecule is CCN(CC)C(=O)CCNc1cccc(NN)c1[N+](=O)[O-]. The molecule has 0 saturated carbocycles. The van der Waals surface area contributed by atoms with Crippen LogP contribution in [0.5, 0.6) is 0 Å². The van der Waals surface area contributed by atoms with E-state index in [1.54, 1.807) is 17.0 Å². The molecule has 0 aromatic heterocycles. The summed E-state index contributed by atoms with van der Waals surface area (Å²) in [5.74, 6) is 5.28. The highest BCUT2D eigenvalue weighted by Gasteiger charge is 2.19. The van der Waals surface area contributed by atoms with E-state index < -0.39 is 4.92 Å². The van der Waals surface area contributed by atoms with Crippen molar-refractivity contribution in [2.24, 2.45) is 5.84 Å². The van der Waals surface area contributed by atoms with Gasteiger partial charge in [0.15, 0.2) is 0 Å². The number of carbonyl (C=O) groups excluding carboxylic acids is 1. The first-order valence-electron chi connectivity index (χ1n) is 6.80. The highest BCUT2D eigenvalue weighted by Crippen LogP contribution is 2.31. The Hall–Kier alpha value is -2.35. The van der Waals surface area contributed by atoms with Gasteiger partial charge in [0.05, 0.1) is 4.92 Å². The number of nitro benzene ring substituents is 1. The highest BCUT2D eigenvalue weighted by atomic mass is 16.6. The van der Waals surface area contributed by atoms with Gasteiger partial charge in [0.25, 0.3) is 0 Å². The van der Waals surface area contributed by atoms with Gasteiger partial charge < -0.3 is 15.6 Å². The fourth-order valence-corrected chi connectivity index (χ4v) is 2.04. The lowest BCUT2D eigenvalue weighted by atomic mass is 10.2. The van der Waals surface area contributed by atoms with Gasteiger partial charge in [-0.1, -0.05) is 6.07 Å². The summed E-state index contributed by atoms with van der Waals surface area (Å²) in [6.07, 6.45) is 0.277. The molecular weight excluding hydrogens is 274 g/mol. The van der Waals surface area contributed by atoms with E-state index in [1.165, 1.54) is 6.07 Å². The molecule has 8 heteroatoms. The van der Waals surface area contributed by atoms with Crippen molar-refractivity contribution >= 4 is 23.0 Å². The van der Waals surface area contributed by atoms with E-state index >= 15 is 0 Å². The van der Waals surface area contributed by atoms with E-state index in [9.17, 15) is 14.9 Å². The number of nitrogens with two attached hydrogens (primary N) is 1. The Bertz CT molecular complexity index is 503. The predicted molar refractivity (Wildman–Crippen MR) is 81.9 cm³/mol. The van der Waals surface area contributed by atoms with Gasteiger partial charge in [-0.05, 0) is 26.0 Å². The van der Waals surface area contributed by atoms with Crippen LogP contribution in [0, 0.1) is 10.1 Å². The van der Waals surface area contributed by atoms with Crippen LogP contribution in [0.15, 0.2) is 18.2 Å². The molecule has 1 aromatic carbocycles. The van der Waals surface area contributed by atoms with E-state index in [2.05, 4.69) is 10.7 Å². The van der Waals surface area contributed by atoms with E-state index in [4.69, 9.17) is 5.84 Å². The molecule has 0 spiro atoms. The first-order valence-corrected chi connectivity index (χ1v) is 6.80. The molecule has 1 amide bonds. The number of carbonyl (C=O) groups is 1. The predicted octanol–water partition coefficient (Wildman–Crippen LogP) is 1.55. The third-order valence-electron chi connectivity index (χ3n) is 3.14. The van der Waals surface area contributed by atoms with Gasteiger partial charge in [-0.15, -0.1) is 0 Å². The average molecular weight is 295 g/mol. The Morgan fingerprint density at radius 3 is 2.48 bits per heavy atom. The van der Waals surface area contributed by atoms with E-state index in [1.807, 2.05) is 13.8 Å². The number of anilines is 2. The second kappa shape index (κ2) is 8.05. The number of nitrogens with one attached hydrogen (secondary N) is 2. The molecule has 0 fully saturated rings. The first-order chi connectivity index (χ1) is 10.0. The third kappa shape index (κ3) is 4.32. The van der Waals surface area contributed by atoms with Crippen LogP contribution >= 0.6 is 0 Å². The number of rotatable bonds is 8. The molecule has 116 valence electrons. The van der Waals surface area contributed by atoms with Gasteiger partial charge in [0.2, 0.25) is 5.91 Å². The van der Waals surface area contributed by atoms with Crippen molar-refractivity contribution in [3.8, 4) is 0 Å². The zero-order valence-corrected chi connectivity index (χ0v) is 12.3.